The van der Waals surface area contributed by atoms with Crippen LogP contribution in [0.15, 0.2) is 28.8 Å². The number of benzene rings is 1. The van der Waals surface area contributed by atoms with E-state index in [-0.39, 0.29) is 12.3 Å². The molecule has 1 atom stereocenters. The highest BCUT2D eigenvalue weighted by atomic mass is 127. The zero-order valence-electron chi connectivity index (χ0n) is 14.4. The third kappa shape index (κ3) is 4.99. The molecule has 0 saturated carbocycles. The minimum atomic E-state index is -0.834. The second-order valence-corrected chi connectivity index (χ2v) is 6.46. The lowest BCUT2D eigenvalue weighted by Crippen LogP contribution is -2.35. The molecule has 1 fully saturated rings. The van der Waals surface area contributed by atoms with Gasteiger partial charge in [0.05, 0.1) is 12.1 Å². The zero-order valence-corrected chi connectivity index (χ0v) is 16.5. The molecule has 1 saturated heterocycles. The van der Waals surface area contributed by atoms with Crippen molar-refractivity contribution in [3.63, 3.8) is 0 Å². The van der Waals surface area contributed by atoms with Crippen molar-refractivity contribution in [3.05, 3.63) is 30.2 Å². The van der Waals surface area contributed by atoms with Crippen molar-refractivity contribution in [1.29, 1.82) is 0 Å². The first-order chi connectivity index (χ1) is 13.1. The second-order valence-electron chi connectivity index (χ2n) is 6.02. The molecule has 144 valence electrons. The highest BCUT2D eigenvalue weighted by molar-refractivity contribution is 14.1. The molecule has 3 rings (SSSR count). The normalized spacial score (nSPS) is 14.6. The number of primary amides is 1. The summed E-state index contributed by atoms with van der Waals surface area (Å²) in [6.07, 6.45) is 1.96. The number of rotatable bonds is 7. The van der Waals surface area contributed by atoms with Gasteiger partial charge in [-0.25, -0.2) is 4.79 Å². The minimum Gasteiger partial charge on any atom is -0.425 e. The lowest BCUT2D eigenvalue weighted by Gasteiger charge is -2.15. The maximum absolute atomic E-state index is 12.4. The molecule has 0 bridgehead atoms. The van der Waals surface area contributed by atoms with Crippen LogP contribution < -0.4 is 24.3 Å². The molecule has 1 aromatic heterocycles. The number of nitrogens with two attached hydrogens (primary N) is 1. The van der Waals surface area contributed by atoms with Crippen LogP contribution in [0.3, 0.4) is 0 Å². The Hall–Kier alpha value is -2.57. The number of carbonyl (C=O) groups excluding carboxylic acids is 2. The number of hydrogen-bond donors (Lipinski definition) is 3. The smallest absolute Gasteiger partial charge is 0.320 e. The average Bonchev–Trinajstić information content (AvgIpc) is 3.32. The summed E-state index contributed by atoms with van der Waals surface area (Å²) in [4.78, 5) is 30.1. The van der Waals surface area contributed by atoms with Crippen LogP contribution in [0.25, 0.3) is 0 Å². The van der Waals surface area contributed by atoms with Crippen LogP contribution in [0, 0.1) is 0 Å². The Labute approximate surface area is 169 Å². The summed E-state index contributed by atoms with van der Waals surface area (Å²) < 4.78 is 10.4. The van der Waals surface area contributed by atoms with Crippen LogP contribution >= 0.6 is 23.0 Å². The molecule has 11 heteroatoms. The maximum Gasteiger partial charge on any atom is 0.320 e. The molecule has 0 aliphatic carbocycles. The zero-order chi connectivity index (χ0) is 19.2. The summed E-state index contributed by atoms with van der Waals surface area (Å²) in [6.45, 7) is 1.70. The molecule has 1 aliphatic rings. The summed E-state index contributed by atoms with van der Waals surface area (Å²) >= 11 is 1.73. The van der Waals surface area contributed by atoms with Gasteiger partial charge in [-0.15, -0.1) is 0 Å². The lowest BCUT2D eigenvalue weighted by atomic mass is 10.2. The number of para-hydroxylation sites is 2. The van der Waals surface area contributed by atoms with E-state index in [9.17, 15) is 9.59 Å². The quantitative estimate of drug-likeness (QED) is 0.511. The van der Waals surface area contributed by atoms with Crippen LogP contribution in [-0.2, 0) is 4.79 Å². The molecular formula is C16H19IN6O4. The average molecular weight is 486 g/mol. The van der Waals surface area contributed by atoms with E-state index in [1.165, 1.54) is 0 Å². The van der Waals surface area contributed by atoms with E-state index in [1.807, 2.05) is 4.90 Å². The molecule has 2 aromatic rings. The summed E-state index contributed by atoms with van der Waals surface area (Å²) in [7, 11) is 0. The predicted molar refractivity (Wildman–Crippen MR) is 106 cm³/mol. The molecule has 4 N–H and O–H groups in total. The second kappa shape index (κ2) is 8.88. The molecule has 10 nitrogen and oxygen atoms in total. The van der Waals surface area contributed by atoms with Gasteiger partial charge in [0.25, 0.3) is 11.8 Å². The number of nitrogens with one attached hydrogen (secondary N) is 2. The van der Waals surface area contributed by atoms with Crippen LogP contribution in [0.5, 0.6) is 5.75 Å². The summed E-state index contributed by atoms with van der Waals surface area (Å²) in [6, 6.07) is 5.56. The van der Waals surface area contributed by atoms with Crippen molar-refractivity contribution in [2.75, 3.05) is 23.3 Å². The van der Waals surface area contributed by atoms with Gasteiger partial charge in [-0.1, -0.05) is 12.1 Å². The molecule has 0 spiro atoms. The summed E-state index contributed by atoms with van der Waals surface area (Å²) in [5, 5.41) is 9.25. The van der Waals surface area contributed by atoms with Crippen molar-refractivity contribution in [2.24, 2.45) is 5.73 Å². The van der Waals surface area contributed by atoms with Gasteiger partial charge in [0.2, 0.25) is 5.91 Å². The third-order valence-electron chi connectivity index (χ3n) is 4.05. The monoisotopic (exact) mass is 486 g/mol. The molecule has 0 radical (unpaired) electrons. The standard InChI is InChI=1S/C16H19IN6O4/c17-26-12-6-2-1-5-10(12)19-16(25)20-11(9-13(18)24)14-21-15(22-27-14)23-7-3-4-8-23/h1-2,5-6,11H,3-4,7-9H2,(H2,18,24)(H2,19,20,25)/t11-/m0/s1. The summed E-state index contributed by atoms with van der Waals surface area (Å²) in [5.74, 6) is 0.471. The first kappa shape index (κ1) is 19.2. The number of hydrogen-bond acceptors (Lipinski definition) is 7. The van der Waals surface area contributed by atoms with Gasteiger partial charge < -0.3 is 28.9 Å². The predicted octanol–water partition coefficient (Wildman–Crippen LogP) is 2.14. The molecule has 27 heavy (non-hydrogen) atoms. The number of amides is 3. The first-order valence-corrected chi connectivity index (χ1v) is 9.27. The Balaban J connectivity index is 1.71. The van der Waals surface area contributed by atoms with Crippen molar-refractivity contribution < 1.29 is 17.2 Å². The van der Waals surface area contributed by atoms with Gasteiger partial charge in [-0.2, -0.15) is 4.98 Å². The van der Waals surface area contributed by atoms with E-state index in [2.05, 4.69) is 20.8 Å². The Morgan fingerprint density at radius 3 is 2.78 bits per heavy atom. The molecule has 1 aromatic carbocycles. The van der Waals surface area contributed by atoms with Crippen molar-refractivity contribution >= 4 is 46.6 Å². The first-order valence-electron chi connectivity index (χ1n) is 8.39. The highest BCUT2D eigenvalue weighted by Gasteiger charge is 2.26. The van der Waals surface area contributed by atoms with Gasteiger partial charge in [0.1, 0.15) is 6.04 Å². The Morgan fingerprint density at radius 2 is 2.07 bits per heavy atom. The Morgan fingerprint density at radius 1 is 1.33 bits per heavy atom. The fraction of sp³-hybridized carbons (Fsp3) is 0.375. The van der Waals surface area contributed by atoms with Gasteiger partial charge >= 0.3 is 6.03 Å². The Kier molecular flexibility index (Phi) is 6.32. The number of nitrogens with zero attached hydrogens (tertiary/aromatic N) is 3. The van der Waals surface area contributed by atoms with Crippen LogP contribution in [0.4, 0.5) is 16.4 Å². The molecular weight excluding hydrogens is 467 g/mol. The van der Waals surface area contributed by atoms with Crippen LogP contribution in [0.1, 0.15) is 31.2 Å². The van der Waals surface area contributed by atoms with Crippen molar-refractivity contribution in [3.8, 4) is 5.75 Å². The minimum absolute atomic E-state index is 0.129. The molecule has 0 unspecified atom stereocenters. The molecule has 2 heterocycles. The van der Waals surface area contributed by atoms with E-state index < -0.39 is 18.0 Å². The van der Waals surface area contributed by atoms with Gasteiger partial charge in [-0.3, -0.25) is 4.79 Å². The van der Waals surface area contributed by atoms with Gasteiger partial charge in [0.15, 0.2) is 28.8 Å². The van der Waals surface area contributed by atoms with E-state index in [4.69, 9.17) is 13.3 Å². The van der Waals surface area contributed by atoms with E-state index in [0.717, 1.165) is 25.9 Å². The third-order valence-corrected chi connectivity index (χ3v) is 4.52. The van der Waals surface area contributed by atoms with E-state index in [1.54, 1.807) is 47.3 Å². The number of urea groups is 1. The number of halogens is 1. The highest BCUT2D eigenvalue weighted by Crippen LogP contribution is 2.26. The van der Waals surface area contributed by atoms with Crippen molar-refractivity contribution in [1.82, 2.24) is 15.5 Å². The number of carbonyl (C=O) groups is 2. The topological polar surface area (TPSA) is 136 Å². The summed E-state index contributed by atoms with van der Waals surface area (Å²) in [5.41, 5.74) is 5.78. The number of aromatic nitrogens is 2. The van der Waals surface area contributed by atoms with Crippen LogP contribution in [-0.4, -0.2) is 35.2 Å². The lowest BCUT2D eigenvalue weighted by molar-refractivity contribution is -0.118. The fourth-order valence-electron chi connectivity index (χ4n) is 2.77. The number of anilines is 2. The fourth-order valence-corrected chi connectivity index (χ4v) is 3.15. The molecule has 3 amide bonds. The van der Waals surface area contributed by atoms with E-state index in [0.29, 0.717) is 17.4 Å². The maximum atomic E-state index is 12.4. The van der Waals surface area contributed by atoms with Crippen LogP contribution in [0.2, 0.25) is 0 Å². The SMILES string of the molecule is NC(=O)C[C@H](NC(=O)Nc1ccccc1OI)c1nc(N2CCCC2)no1. The Bertz CT molecular complexity index is 808. The molecule has 1 aliphatic heterocycles. The van der Waals surface area contributed by atoms with E-state index >= 15 is 0 Å². The largest absolute Gasteiger partial charge is 0.425 e. The van der Waals surface area contributed by atoms with Gasteiger partial charge in [-0.05, 0) is 30.1 Å². The van der Waals surface area contributed by atoms with Gasteiger partial charge in [0, 0.05) is 13.1 Å². The van der Waals surface area contributed by atoms with Crippen molar-refractivity contribution in [2.45, 2.75) is 25.3 Å².